The first-order valence-electron chi connectivity index (χ1n) is 42.7. The van der Waals surface area contributed by atoms with Crippen molar-refractivity contribution < 1.29 is 263 Å². The third-order valence-electron chi connectivity index (χ3n) is 25.2. The summed E-state index contributed by atoms with van der Waals surface area (Å²) in [6, 6.07) is 0. The van der Waals surface area contributed by atoms with Crippen molar-refractivity contribution in [1.82, 2.24) is 0 Å². The second-order valence-electron chi connectivity index (χ2n) is 40.1. The highest BCUT2D eigenvalue weighted by Gasteiger charge is 2.76. The summed E-state index contributed by atoms with van der Waals surface area (Å²) in [6.07, 6.45) is -68.7. The zero-order valence-electron chi connectivity index (χ0n) is 79.1. The minimum atomic E-state index is -6.28. The van der Waals surface area contributed by atoms with Gasteiger partial charge in [-0.2, -0.15) is 119 Å². The third kappa shape index (κ3) is 28.3. The van der Waals surface area contributed by atoms with Gasteiger partial charge in [0.2, 0.25) is 0 Å². The molecule has 0 amide bonds. The molecule has 30 nitrogen and oxygen atoms in total. The van der Waals surface area contributed by atoms with Crippen LogP contribution in [0.15, 0.2) is 36.5 Å². The van der Waals surface area contributed by atoms with Crippen molar-refractivity contribution in [3.8, 4) is 0 Å². The molecule has 7 rings (SSSR count). The van der Waals surface area contributed by atoms with E-state index >= 15 is 0 Å². The molecule has 4 aliphatic carbocycles. The quantitative estimate of drug-likeness (QED) is 0.0109. The lowest BCUT2D eigenvalue weighted by Crippen LogP contribution is -2.62. The van der Waals surface area contributed by atoms with Crippen LogP contribution < -0.4 is 0 Å². The molecule has 0 aromatic carbocycles. The minimum Gasteiger partial charge on any atom is -0.459 e. The standard InChI is InChI=1S/C29H37F9O10.2C28H37F9O10/c1-12(2)20(39)47-18-13-8-14-17(22(41)48-19(14)18)16(13)21(40)46-15(9-23(3,4)44-10-25(7,42)27(30,31)32)24(5,6)45-11-26(43,28(33,34)35)29(36,37)38;1-13(2)19(38)45-16-9-15(14-8-17(16)46-20(14)39)21(40)47-18(10-22(3,4)43-11-24(7,41)26(29,30)31)23(5,6)44-12-25(42,27(32,33)34)28(35,36)37;1-14(2)18(38)45-15-8-9-24(10-16(15)46-19(24)39)20(40)47-17(11-21(3,4)43-12-23(7,41)26(29,30)31)22(5,6)44-13-25(42,27(32,33)34)28(35,36)37/h13-19,42-43H,1,8-11H2,2-7H3;14-18,41-42H,1,8-12H2,2-7H3;15-17,41-42H,1,8-13H2,2-7H3. The first kappa shape index (κ1) is 125. The maximum absolute atomic E-state index is 13.8. The van der Waals surface area contributed by atoms with Crippen molar-refractivity contribution in [2.24, 2.45) is 40.9 Å². The Bertz CT molecular complexity index is 4510. The van der Waals surface area contributed by atoms with E-state index in [0.717, 1.165) is 83.1 Å². The zero-order valence-corrected chi connectivity index (χ0v) is 79.1. The van der Waals surface area contributed by atoms with Crippen LogP contribution in [0.4, 0.5) is 119 Å². The van der Waals surface area contributed by atoms with Gasteiger partial charge in [-0.1, -0.05) is 19.7 Å². The van der Waals surface area contributed by atoms with Crippen molar-refractivity contribution in [1.29, 1.82) is 0 Å². The topological polar surface area (TPSA) is 413 Å². The van der Waals surface area contributed by atoms with Gasteiger partial charge < -0.3 is 102 Å². The van der Waals surface area contributed by atoms with Crippen molar-refractivity contribution in [3.63, 3.8) is 0 Å². The van der Waals surface area contributed by atoms with E-state index in [-0.39, 0.29) is 48.8 Å². The van der Waals surface area contributed by atoms with Gasteiger partial charge in [0, 0.05) is 67.1 Å². The van der Waals surface area contributed by atoms with Gasteiger partial charge in [-0.25, -0.2) is 14.4 Å². The molecule has 4 saturated carbocycles. The molecular weight excluding hydrogens is 2010 g/mol. The fourth-order valence-electron chi connectivity index (χ4n) is 15.3. The predicted molar refractivity (Wildman–Crippen MR) is 420 cm³/mol. The van der Waals surface area contributed by atoms with Crippen molar-refractivity contribution >= 4 is 53.7 Å². The largest absolute Gasteiger partial charge is 0.459 e. The molecule has 7 fully saturated rings. The summed E-state index contributed by atoms with van der Waals surface area (Å²) in [6.45, 7) is 16.1. The van der Waals surface area contributed by atoms with Crippen LogP contribution in [0.5, 0.6) is 0 Å². The molecule has 0 radical (unpaired) electrons. The smallest absolute Gasteiger partial charge is 0.428 e. The third-order valence-corrected chi connectivity index (χ3v) is 25.2. The van der Waals surface area contributed by atoms with Crippen LogP contribution in [0.25, 0.3) is 0 Å². The number of hydrogen-bond acceptors (Lipinski definition) is 30. The lowest BCUT2D eigenvalue weighted by atomic mass is 9.74. The van der Waals surface area contributed by atoms with Crippen LogP contribution >= 0.6 is 0 Å². The van der Waals surface area contributed by atoms with Gasteiger partial charge in [0.05, 0.1) is 96.9 Å². The summed E-state index contributed by atoms with van der Waals surface area (Å²) in [5, 5.41) is 58.2. The van der Waals surface area contributed by atoms with Crippen LogP contribution in [-0.4, -0.2) is 302 Å². The molecule has 0 aromatic heterocycles. The molecule has 3 saturated heterocycles. The molecule has 7 aliphatic rings. The normalized spacial score (nSPS) is 25.8. The molecule has 0 aromatic rings. The number of ether oxygens (including phenoxy) is 15. The summed E-state index contributed by atoms with van der Waals surface area (Å²) in [7, 11) is 0. The molecule has 6 N–H and O–H groups in total. The number of carbonyl (C=O) groups is 9. The number of carbonyl (C=O) groups excluding carboxylic acids is 9. The minimum absolute atomic E-state index is 0.0128. The van der Waals surface area contributed by atoms with Crippen molar-refractivity contribution in [3.05, 3.63) is 36.5 Å². The average molecular weight is 2130 g/mol. The van der Waals surface area contributed by atoms with E-state index in [1.807, 2.05) is 0 Å². The van der Waals surface area contributed by atoms with E-state index in [2.05, 4.69) is 19.7 Å². The Kier molecular flexibility index (Phi) is 36.8. The summed E-state index contributed by atoms with van der Waals surface area (Å²) in [5.41, 5.74) is -41.0. The lowest BCUT2D eigenvalue weighted by molar-refractivity contribution is -0.384. The Morgan fingerprint density at radius 3 is 1.04 bits per heavy atom. The molecule has 3 heterocycles. The van der Waals surface area contributed by atoms with Crippen molar-refractivity contribution in [2.45, 2.75) is 360 Å². The Labute approximate surface area is 792 Å². The number of hydrogen-bond donors (Lipinski definition) is 6. The summed E-state index contributed by atoms with van der Waals surface area (Å²) in [5.74, 6) is -15.8. The van der Waals surface area contributed by atoms with E-state index in [1.54, 1.807) is 0 Å². The summed E-state index contributed by atoms with van der Waals surface area (Å²) in [4.78, 5) is 115. The molecule has 57 heteroatoms. The molecule has 3 aliphatic heterocycles. The fraction of sp³-hybridized carbons (Fsp3) is 0.824. The van der Waals surface area contributed by atoms with E-state index in [4.69, 9.17) is 71.1 Å². The van der Waals surface area contributed by atoms with Gasteiger partial charge in [-0.15, -0.1) is 0 Å². The van der Waals surface area contributed by atoms with Crippen LogP contribution in [0.3, 0.4) is 0 Å². The van der Waals surface area contributed by atoms with E-state index in [1.165, 1.54) is 20.8 Å². The van der Waals surface area contributed by atoms with Crippen LogP contribution in [0.2, 0.25) is 0 Å². The maximum atomic E-state index is 13.8. The van der Waals surface area contributed by atoms with Gasteiger partial charge in [0.25, 0.3) is 16.8 Å². The molecule has 142 heavy (non-hydrogen) atoms. The molecule has 0 spiro atoms. The SMILES string of the molecule is C=C(C)C(=O)OC1C2CC3C1OC(=O)C3C2C(=O)OC(CC(C)(C)OCC(C)(O)C(F)(F)F)C(C)(C)OCC(O)(C(F)(F)F)C(F)(F)F.C=C(C)C(=O)OC1CC(C(=O)OC(CC(C)(C)OCC(C)(O)C(F)(F)F)C(C)(C)OCC(O)(C(F)(F)F)C(F)(F)F)C2CC1OC2=O.C=C(C)C(=O)OC1CCC2(C(=O)OC(CC(C)(C)OCC(C)(O)C(F)(F)F)C(C)(C)OCC(O)(C(F)(F)F)C(F)(F)F)CC1OC2=O. The zero-order chi connectivity index (χ0) is 111. The molecule has 6 bridgehead atoms. The average Bonchev–Trinajstić information content (AvgIpc) is 1.54. The number of alkyl halides is 27. The predicted octanol–water partition coefficient (Wildman–Crippen LogP) is 13.5. The monoisotopic (exact) mass is 2120 g/mol. The fourth-order valence-corrected chi connectivity index (χ4v) is 15.3. The molecule has 820 valence electrons. The second kappa shape index (κ2) is 42.0. The number of aliphatic hydroxyl groups is 6. The molecule has 19 atom stereocenters. The van der Waals surface area contributed by atoms with Gasteiger partial charge in [0.15, 0.2) is 22.2 Å². The van der Waals surface area contributed by atoms with Crippen LogP contribution in [0.1, 0.15) is 182 Å². The second-order valence-corrected chi connectivity index (χ2v) is 40.1. The van der Waals surface area contributed by atoms with Gasteiger partial charge in [-0.05, 0) is 144 Å². The lowest BCUT2D eigenvalue weighted by Gasteiger charge is -2.42. The maximum Gasteiger partial charge on any atom is 0.428 e. The first-order chi connectivity index (χ1) is 63.0. The van der Waals surface area contributed by atoms with Gasteiger partial charge in [-0.3, -0.25) is 28.8 Å². The number of esters is 9. The van der Waals surface area contributed by atoms with E-state index in [9.17, 15) is 192 Å². The van der Waals surface area contributed by atoms with E-state index < -0.39 is 338 Å². The highest BCUT2D eigenvalue weighted by atomic mass is 19.5. The molecular formula is C85H111F27O30. The van der Waals surface area contributed by atoms with Crippen molar-refractivity contribution in [2.75, 3.05) is 39.6 Å². The Morgan fingerprint density at radius 1 is 0.380 bits per heavy atom. The Hall–Kier alpha value is -7.92. The highest BCUT2D eigenvalue weighted by molar-refractivity contribution is 6.02. The van der Waals surface area contributed by atoms with Gasteiger partial charge in [0.1, 0.15) is 54.9 Å². The highest BCUT2D eigenvalue weighted by Crippen LogP contribution is 2.60. The Morgan fingerprint density at radius 2 is 0.704 bits per heavy atom. The number of rotatable bonds is 39. The van der Waals surface area contributed by atoms with Crippen LogP contribution in [0, 0.1) is 40.9 Å². The number of fused-ring (bicyclic) bond motifs is 5. The summed E-state index contributed by atoms with van der Waals surface area (Å²) < 4.78 is 438. The first-order valence-corrected chi connectivity index (χ1v) is 42.7. The van der Waals surface area contributed by atoms with E-state index in [0.29, 0.717) is 20.8 Å². The summed E-state index contributed by atoms with van der Waals surface area (Å²) >= 11 is 0. The molecule has 19 unspecified atom stereocenters. The Balaban J connectivity index is 0.000000375. The number of halogens is 27. The van der Waals surface area contributed by atoms with Crippen LogP contribution in [-0.2, 0) is 114 Å². The van der Waals surface area contributed by atoms with Gasteiger partial charge >= 0.3 is 109 Å².